The summed E-state index contributed by atoms with van der Waals surface area (Å²) in [6, 6.07) is 0. The van der Waals surface area contributed by atoms with Crippen molar-refractivity contribution in [3.63, 3.8) is 0 Å². The molecule has 1 saturated heterocycles. The van der Waals surface area contributed by atoms with E-state index in [2.05, 4.69) is 5.90 Å². The maximum absolute atomic E-state index is 10.4. The second-order valence-corrected chi connectivity index (χ2v) is 3.00. The number of ether oxygens (including phenoxy) is 1. The number of carbonyl (C=O) groups is 1. The predicted octanol–water partition coefficient (Wildman–Crippen LogP) is 0.294. The van der Waals surface area contributed by atoms with Gasteiger partial charge in [0.25, 0.3) is 0 Å². The maximum Gasteiger partial charge on any atom is 0.306 e. The van der Waals surface area contributed by atoms with Gasteiger partial charge in [-0.3, -0.25) is 4.79 Å². The molecular formula is C6H13NO3. The summed E-state index contributed by atoms with van der Waals surface area (Å²) in [5, 5.41) is 6.50. The van der Waals surface area contributed by atoms with Gasteiger partial charge in [-0.05, 0) is 0 Å². The van der Waals surface area contributed by atoms with Gasteiger partial charge in [0.2, 0.25) is 0 Å². The Labute approximate surface area is 59.9 Å². The van der Waals surface area contributed by atoms with E-state index in [-0.39, 0.29) is 11.4 Å². The largest absolute Gasteiger partial charge is 0.465 e. The molecule has 0 atom stereocenters. The Morgan fingerprint density at radius 2 is 2.10 bits per heavy atom. The number of rotatable bonds is 0. The fourth-order valence-electron chi connectivity index (χ4n) is 0.769. The average Bonchev–Trinajstić information content (AvgIpc) is 2.15. The molecule has 10 heavy (non-hydrogen) atoms. The lowest BCUT2D eigenvalue weighted by atomic mass is 9.93. The zero-order chi connectivity index (χ0) is 8.20. The molecule has 1 heterocycles. The van der Waals surface area contributed by atoms with Crippen molar-refractivity contribution in [2.75, 3.05) is 6.61 Å². The van der Waals surface area contributed by atoms with Crippen LogP contribution in [0.15, 0.2) is 0 Å². The minimum Gasteiger partial charge on any atom is -0.465 e. The second-order valence-electron chi connectivity index (χ2n) is 3.00. The molecule has 4 heteroatoms. The minimum atomic E-state index is -0.0602. The predicted molar refractivity (Wildman–Crippen MR) is 35.3 cm³/mol. The van der Waals surface area contributed by atoms with Crippen LogP contribution in [0.4, 0.5) is 0 Å². The highest BCUT2D eigenvalue weighted by atomic mass is 16.5. The van der Waals surface area contributed by atoms with Crippen LogP contribution in [0.2, 0.25) is 0 Å². The molecule has 0 saturated carbocycles. The third-order valence-electron chi connectivity index (χ3n) is 1.25. The fourth-order valence-corrected chi connectivity index (χ4v) is 0.769. The first kappa shape index (κ1) is 9.39. The van der Waals surface area contributed by atoms with E-state index in [9.17, 15) is 4.79 Å². The smallest absolute Gasteiger partial charge is 0.306 e. The van der Waals surface area contributed by atoms with Crippen LogP contribution in [-0.2, 0) is 9.53 Å². The Kier molecular flexibility index (Phi) is 3.32. The van der Waals surface area contributed by atoms with Gasteiger partial charge in [0.1, 0.15) is 0 Å². The van der Waals surface area contributed by atoms with Crippen molar-refractivity contribution in [2.45, 2.75) is 20.3 Å². The summed E-state index contributed by atoms with van der Waals surface area (Å²) in [6.45, 7) is 4.64. The lowest BCUT2D eigenvalue weighted by Gasteiger charge is -2.09. The van der Waals surface area contributed by atoms with Crippen molar-refractivity contribution in [1.82, 2.24) is 0 Å². The molecule has 0 spiro atoms. The van der Waals surface area contributed by atoms with Gasteiger partial charge < -0.3 is 9.94 Å². The lowest BCUT2D eigenvalue weighted by Crippen LogP contribution is -2.08. The van der Waals surface area contributed by atoms with Crippen molar-refractivity contribution in [3.05, 3.63) is 0 Å². The van der Waals surface area contributed by atoms with Gasteiger partial charge in [-0.25, -0.2) is 5.90 Å². The molecule has 0 amide bonds. The molecular weight excluding hydrogens is 134 g/mol. The summed E-state index contributed by atoms with van der Waals surface area (Å²) in [6.07, 6.45) is 0.576. The van der Waals surface area contributed by atoms with E-state index in [0.717, 1.165) is 0 Å². The van der Waals surface area contributed by atoms with Crippen molar-refractivity contribution in [3.8, 4) is 0 Å². The van der Waals surface area contributed by atoms with Gasteiger partial charge in [-0.1, -0.05) is 13.8 Å². The van der Waals surface area contributed by atoms with Gasteiger partial charge in [-0.15, -0.1) is 0 Å². The summed E-state index contributed by atoms with van der Waals surface area (Å²) in [5.41, 5.74) is 0.0943. The van der Waals surface area contributed by atoms with E-state index >= 15 is 0 Å². The Hall–Kier alpha value is -0.610. The van der Waals surface area contributed by atoms with Crippen molar-refractivity contribution in [1.29, 1.82) is 0 Å². The molecule has 1 fully saturated rings. The van der Waals surface area contributed by atoms with E-state index in [1.54, 1.807) is 0 Å². The highest BCUT2D eigenvalue weighted by Crippen LogP contribution is 2.26. The number of cyclic esters (lactones) is 1. The molecule has 0 radical (unpaired) electrons. The summed E-state index contributed by atoms with van der Waals surface area (Å²) >= 11 is 0. The third kappa shape index (κ3) is 2.80. The topological polar surface area (TPSA) is 72.5 Å². The maximum atomic E-state index is 10.4. The summed E-state index contributed by atoms with van der Waals surface area (Å²) in [5.74, 6) is 3.44. The highest BCUT2D eigenvalue weighted by Gasteiger charge is 2.30. The summed E-state index contributed by atoms with van der Waals surface area (Å²) in [4.78, 5) is 10.4. The number of carbonyl (C=O) groups excluding carboxylic acids is 1. The number of hydrogen-bond donors (Lipinski definition) is 2. The fraction of sp³-hybridized carbons (Fsp3) is 0.833. The molecule has 0 aromatic rings. The summed E-state index contributed by atoms with van der Waals surface area (Å²) in [7, 11) is 0. The molecule has 1 rings (SSSR count). The first-order valence-electron chi connectivity index (χ1n) is 3.02. The average molecular weight is 147 g/mol. The van der Waals surface area contributed by atoms with Crippen LogP contribution in [-0.4, -0.2) is 17.8 Å². The van der Waals surface area contributed by atoms with E-state index < -0.39 is 0 Å². The highest BCUT2D eigenvalue weighted by molar-refractivity contribution is 5.72. The normalized spacial score (nSPS) is 21.0. The molecule has 4 nitrogen and oxygen atoms in total. The minimum absolute atomic E-state index is 0.0602. The van der Waals surface area contributed by atoms with Crippen molar-refractivity contribution in [2.24, 2.45) is 11.3 Å². The molecule has 60 valence electrons. The molecule has 0 aromatic heterocycles. The standard InChI is InChI=1S/C6H10O2.H3NO/c1-6(2)3-5(7)8-4-6;1-2/h3-4H2,1-2H3;2H,1H2. The van der Waals surface area contributed by atoms with Crippen molar-refractivity contribution < 1.29 is 14.7 Å². The Morgan fingerprint density at radius 1 is 1.60 bits per heavy atom. The first-order chi connectivity index (χ1) is 4.60. The van der Waals surface area contributed by atoms with E-state index in [1.807, 2.05) is 13.8 Å². The Bertz CT molecular complexity index is 122. The van der Waals surface area contributed by atoms with Crippen LogP contribution in [0.3, 0.4) is 0 Å². The molecule has 1 aliphatic heterocycles. The van der Waals surface area contributed by atoms with Crippen LogP contribution in [0.1, 0.15) is 20.3 Å². The van der Waals surface area contributed by atoms with E-state index in [1.165, 1.54) is 0 Å². The van der Waals surface area contributed by atoms with Gasteiger partial charge >= 0.3 is 5.97 Å². The van der Waals surface area contributed by atoms with Crippen LogP contribution in [0.25, 0.3) is 0 Å². The van der Waals surface area contributed by atoms with Gasteiger partial charge in [0, 0.05) is 5.41 Å². The van der Waals surface area contributed by atoms with Crippen LogP contribution < -0.4 is 5.90 Å². The lowest BCUT2D eigenvalue weighted by molar-refractivity contribution is -0.137. The molecule has 1 aliphatic rings. The Balaban J connectivity index is 0.000000371. The molecule has 0 aromatic carbocycles. The number of nitrogens with two attached hydrogens (primary N) is 1. The first-order valence-corrected chi connectivity index (χ1v) is 3.02. The van der Waals surface area contributed by atoms with Gasteiger partial charge in [0.15, 0.2) is 0 Å². The molecule has 0 unspecified atom stereocenters. The zero-order valence-corrected chi connectivity index (χ0v) is 6.26. The quantitative estimate of drug-likeness (QED) is 0.381. The van der Waals surface area contributed by atoms with Crippen molar-refractivity contribution >= 4 is 5.97 Å². The van der Waals surface area contributed by atoms with E-state index in [4.69, 9.17) is 9.94 Å². The zero-order valence-electron chi connectivity index (χ0n) is 6.26. The molecule has 3 N–H and O–H groups in total. The second kappa shape index (κ2) is 3.53. The molecule has 0 bridgehead atoms. The van der Waals surface area contributed by atoms with Crippen LogP contribution in [0, 0.1) is 5.41 Å². The Morgan fingerprint density at radius 3 is 2.20 bits per heavy atom. The summed E-state index contributed by atoms with van der Waals surface area (Å²) < 4.78 is 4.73. The van der Waals surface area contributed by atoms with Crippen LogP contribution in [0.5, 0.6) is 0 Å². The molecule has 0 aliphatic carbocycles. The monoisotopic (exact) mass is 147 g/mol. The third-order valence-corrected chi connectivity index (χ3v) is 1.25. The van der Waals surface area contributed by atoms with E-state index in [0.29, 0.717) is 13.0 Å². The van der Waals surface area contributed by atoms with Crippen LogP contribution >= 0.6 is 0 Å². The van der Waals surface area contributed by atoms with Gasteiger partial charge in [0.05, 0.1) is 13.0 Å². The number of esters is 1. The van der Waals surface area contributed by atoms with Gasteiger partial charge in [-0.2, -0.15) is 0 Å². The SMILES string of the molecule is CC1(C)COC(=O)C1.NO. The number of hydrogen-bond acceptors (Lipinski definition) is 4.